The van der Waals surface area contributed by atoms with Crippen molar-refractivity contribution in [1.29, 1.82) is 0 Å². The summed E-state index contributed by atoms with van der Waals surface area (Å²) in [5.74, 6) is -5.19. The predicted molar refractivity (Wildman–Crippen MR) is 181 cm³/mol. The first-order valence-corrected chi connectivity index (χ1v) is 17.3. The standard InChI is InChI=1S/C28H25N9O11S3/c1-10-4-17(37-16(30-10)5-35(34-37)28(46)47)49-7-11-8-50-24-19(23(41)36(24)20(11)26(44)45)32-22(40)18(14-9-51-27(29)31-14)33-48-6-13-12(25(42)43)2-3-15(38)21(13)39/h2-5,9,19,24,34,38-39H,6-8H2,1H3,(H2,29,31)(H,32,40)(H,42,43)(H,44,45)(H,46,47)/t19-,24-/m1/s1. The zero-order valence-electron chi connectivity index (χ0n) is 25.8. The minimum absolute atomic E-state index is 0.0479. The number of nitrogens with zero attached hydrogens (tertiary/aromatic N) is 6. The highest BCUT2D eigenvalue weighted by Crippen LogP contribution is 2.42. The number of nitrogens with one attached hydrogen (secondary N) is 2. The fourth-order valence-electron chi connectivity index (χ4n) is 5.16. The summed E-state index contributed by atoms with van der Waals surface area (Å²) >= 11 is 3.39. The first-order chi connectivity index (χ1) is 24.2. The summed E-state index contributed by atoms with van der Waals surface area (Å²) in [6, 6.07) is 0.852. The van der Waals surface area contributed by atoms with Crippen molar-refractivity contribution in [3.63, 3.8) is 0 Å². The molecule has 23 heteroatoms. The first kappa shape index (κ1) is 35.1. The number of hydrazine groups is 2. The van der Waals surface area contributed by atoms with E-state index >= 15 is 0 Å². The molecular formula is C28H25N9O11S3. The Morgan fingerprint density at radius 3 is 2.63 bits per heavy atom. The second-order valence-corrected chi connectivity index (χ2v) is 13.8. The molecule has 1 saturated heterocycles. The summed E-state index contributed by atoms with van der Waals surface area (Å²) < 4.78 is 0. The third-order valence-electron chi connectivity index (χ3n) is 7.50. The number of fused-ring (bicyclic) bond motifs is 2. The average molecular weight is 760 g/mol. The Morgan fingerprint density at radius 2 is 1.96 bits per heavy atom. The third-order valence-corrected chi connectivity index (χ3v) is 10.6. The maximum Gasteiger partial charge on any atom is 0.427 e. The average Bonchev–Trinajstić information content (AvgIpc) is 3.71. The number of rotatable bonds is 11. The maximum absolute atomic E-state index is 13.5. The second-order valence-electron chi connectivity index (χ2n) is 10.8. The van der Waals surface area contributed by atoms with Gasteiger partial charge in [-0.3, -0.25) is 14.5 Å². The van der Waals surface area contributed by atoms with Crippen LogP contribution in [0.1, 0.15) is 28.5 Å². The first-order valence-electron chi connectivity index (χ1n) is 14.3. The van der Waals surface area contributed by atoms with Crippen LogP contribution in [0.4, 0.5) is 9.93 Å². The molecule has 0 aliphatic carbocycles. The van der Waals surface area contributed by atoms with E-state index in [0.29, 0.717) is 22.1 Å². The van der Waals surface area contributed by atoms with Crippen LogP contribution in [0.5, 0.6) is 11.5 Å². The molecule has 0 unspecified atom stereocenters. The molecule has 3 amide bonds. The number of hydrogen-bond donors (Lipinski definition) is 8. The summed E-state index contributed by atoms with van der Waals surface area (Å²) in [6.07, 6.45) is 1.72. The topological polar surface area (TPSA) is 293 Å². The Hall–Kier alpha value is -5.78. The van der Waals surface area contributed by atoms with Gasteiger partial charge in [-0.05, 0) is 30.7 Å². The van der Waals surface area contributed by atoms with Gasteiger partial charge in [-0.15, -0.1) is 40.4 Å². The molecule has 20 nitrogen and oxygen atoms in total. The lowest BCUT2D eigenvalue weighted by molar-refractivity contribution is -0.150. The van der Waals surface area contributed by atoms with Crippen molar-refractivity contribution < 1.29 is 54.3 Å². The molecule has 4 aliphatic rings. The lowest BCUT2D eigenvalue weighted by atomic mass is 10.0. The number of thioether (sulfide) groups is 2. The van der Waals surface area contributed by atoms with Crippen molar-refractivity contribution in [3.8, 4) is 11.5 Å². The summed E-state index contributed by atoms with van der Waals surface area (Å²) in [6.45, 7) is 1.03. The summed E-state index contributed by atoms with van der Waals surface area (Å²) in [4.78, 5) is 77.0. The van der Waals surface area contributed by atoms with Crippen molar-refractivity contribution in [2.24, 2.45) is 10.1 Å². The van der Waals surface area contributed by atoms with Gasteiger partial charge in [0.05, 0.1) is 22.4 Å². The Balaban J connectivity index is 1.17. The van der Waals surface area contributed by atoms with Crippen LogP contribution >= 0.6 is 34.9 Å². The molecule has 5 heterocycles. The number of anilines is 1. The summed E-state index contributed by atoms with van der Waals surface area (Å²) in [7, 11) is 0. The van der Waals surface area contributed by atoms with Crippen molar-refractivity contribution in [2.75, 3.05) is 17.2 Å². The van der Waals surface area contributed by atoms with E-state index in [2.05, 4.69) is 26.0 Å². The molecule has 4 aliphatic heterocycles. The number of benzene rings is 1. The van der Waals surface area contributed by atoms with Gasteiger partial charge in [0.2, 0.25) is 0 Å². The highest BCUT2D eigenvalue weighted by atomic mass is 32.2. The van der Waals surface area contributed by atoms with Gasteiger partial charge < -0.3 is 41.4 Å². The number of aromatic hydroxyl groups is 2. The SMILES string of the molecule is CC1=NC2=CN(C(=O)O)NN2C(SCC2=C(C(=O)O)N3C(=O)[C@@H](NC(=O)C(=NOCc4c(C(=O)O)ccc(O)c4O)c4csc(N)n4)[C@H]3SC2)=C1. The number of hydrogen-bond acceptors (Lipinski definition) is 17. The molecule has 9 N–H and O–H groups in total. The van der Waals surface area contributed by atoms with Crippen LogP contribution in [0, 0.1) is 0 Å². The maximum atomic E-state index is 13.5. The Morgan fingerprint density at radius 1 is 1.20 bits per heavy atom. The van der Waals surface area contributed by atoms with Gasteiger partial charge in [0.1, 0.15) is 29.4 Å². The Kier molecular flexibility index (Phi) is 9.52. The molecule has 1 fully saturated rings. The summed E-state index contributed by atoms with van der Waals surface area (Å²) in [5.41, 5.74) is 7.93. The van der Waals surface area contributed by atoms with Crippen LogP contribution in [0.3, 0.4) is 0 Å². The van der Waals surface area contributed by atoms with E-state index in [1.807, 2.05) is 0 Å². The predicted octanol–water partition coefficient (Wildman–Crippen LogP) is 1.06. The van der Waals surface area contributed by atoms with E-state index in [1.54, 1.807) is 13.0 Å². The number of aliphatic carboxylic acids is 1. The molecule has 0 bridgehead atoms. The number of amides is 3. The monoisotopic (exact) mass is 759 g/mol. The van der Waals surface area contributed by atoms with Crippen LogP contribution in [0.15, 0.2) is 62.1 Å². The minimum atomic E-state index is -1.43. The van der Waals surface area contributed by atoms with Gasteiger partial charge in [-0.1, -0.05) is 5.16 Å². The summed E-state index contributed by atoms with van der Waals surface area (Å²) in [5, 5.41) is 58.7. The minimum Gasteiger partial charge on any atom is -0.504 e. The van der Waals surface area contributed by atoms with E-state index in [0.717, 1.165) is 33.4 Å². The number of nitrogens with two attached hydrogens (primary N) is 1. The van der Waals surface area contributed by atoms with E-state index in [4.69, 9.17) is 10.6 Å². The normalized spacial score (nSPS) is 19.8. The second kappa shape index (κ2) is 13.9. The van der Waals surface area contributed by atoms with Gasteiger partial charge in [0, 0.05) is 22.6 Å². The molecule has 0 radical (unpaired) electrons. The number of carboxylic acid groups (broad SMARTS) is 3. The largest absolute Gasteiger partial charge is 0.504 e. The number of carboxylic acids is 2. The van der Waals surface area contributed by atoms with Crippen molar-refractivity contribution in [1.82, 2.24) is 30.8 Å². The number of nitrogen functional groups attached to an aromatic ring is 1. The Labute approximate surface area is 298 Å². The number of thiazole rings is 1. The van der Waals surface area contributed by atoms with Crippen molar-refractivity contribution >= 4 is 81.3 Å². The van der Waals surface area contributed by atoms with E-state index < -0.39 is 70.6 Å². The molecule has 1 aromatic carbocycles. The Bertz CT molecular complexity index is 2040. The number of carbonyl (C=O) groups is 5. The van der Waals surface area contributed by atoms with Crippen LogP contribution in [0.2, 0.25) is 0 Å². The van der Waals surface area contributed by atoms with Crippen LogP contribution in [0.25, 0.3) is 0 Å². The number of oxime groups is 1. The molecule has 2 atom stereocenters. The van der Waals surface area contributed by atoms with Crippen LogP contribution in [-0.4, -0.2) is 110 Å². The van der Waals surface area contributed by atoms with Crippen LogP contribution in [-0.2, 0) is 25.8 Å². The van der Waals surface area contributed by atoms with Gasteiger partial charge in [-0.25, -0.2) is 29.4 Å². The fourth-order valence-corrected chi connectivity index (χ4v) is 8.26. The van der Waals surface area contributed by atoms with Crippen molar-refractivity contribution in [3.05, 3.63) is 68.7 Å². The van der Waals surface area contributed by atoms with Crippen molar-refractivity contribution in [2.45, 2.75) is 24.9 Å². The molecular weight excluding hydrogens is 735 g/mol. The van der Waals surface area contributed by atoms with Gasteiger partial charge in [0.25, 0.3) is 11.8 Å². The number of β-lactam (4-membered cyclic amide) rings is 1. The van der Waals surface area contributed by atoms with Gasteiger partial charge in [0.15, 0.2) is 28.2 Å². The van der Waals surface area contributed by atoms with E-state index in [-0.39, 0.29) is 33.6 Å². The molecule has 2 aromatic rings. The fraction of sp³-hybridized carbons (Fsp3) is 0.214. The number of aromatic carboxylic acids is 1. The molecule has 1 aromatic heterocycles. The zero-order chi connectivity index (χ0) is 36.7. The lowest BCUT2D eigenvalue weighted by Gasteiger charge is -2.49. The van der Waals surface area contributed by atoms with E-state index in [9.17, 15) is 49.5 Å². The number of phenols is 2. The zero-order valence-corrected chi connectivity index (χ0v) is 28.3. The number of allylic oxidation sites excluding steroid dienone is 1. The molecule has 266 valence electrons. The quantitative estimate of drug-likeness (QED) is 0.0687. The number of carbonyl (C=O) groups excluding carboxylic acids is 2. The lowest BCUT2D eigenvalue weighted by Crippen LogP contribution is -2.71. The molecule has 0 saturated carbocycles. The highest BCUT2D eigenvalue weighted by Gasteiger charge is 2.54. The highest BCUT2D eigenvalue weighted by molar-refractivity contribution is 8.03. The number of phenolic OH excluding ortho intramolecular Hbond substituents is 2. The smallest absolute Gasteiger partial charge is 0.427 e. The number of aliphatic imine (C=N–C) groups is 1. The number of aromatic nitrogens is 1. The van der Waals surface area contributed by atoms with E-state index in [1.165, 1.54) is 40.1 Å². The van der Waals surface area contributed by atoms with Gasteiger partial charge in [-0.2, -0.15) is 5.01 Å². The molecule has 51 heavy (non-hydrogen) atoms. The van der Waals surface area contributed by atoms with Crippen LogP contribution < -0.4 is 16.6 Å². The van der Waals surface area contributed by atoms with Gasteiger partial charge >= 0.3 is 18.0 Å². The molecule has 6 rings (SSSR count). The molecule has 0 spiro atoms. The third kappa shape index (κ3) is 6.73.